The number of carboxylic acid groups (broad SMARTS) is 2. The van der Waals surface area contributed by atoms with Gasteiger partial charge in [-0.25, -0.2) is 23.0 Å². The van der Waals surface area contributed by atoms with Crippen molar-refractivity contribution in [2.45, 2.75) is 23.9 Å². The van der Waals surface area contributed by atoms with Crippen LogP contribution in [0.15, 0.2) is 10.5 Å². The van der Waals surface area contributed by atoms with Crippen LogP contribution >= 0.6 is 11.3 Å². The fourth-order valence-electron chi connectivity index (χ4n) is 4.32. The zero-order chi connectivity index (χ0) is 25.0. The summed E-state index contributed by atoms with van der Waals surface area (Å²) < 4.78 is 30.7. The first kappa shape index (κ1) is 23.6. The van der Waals surface area contributed by atoms with Crippen LogP contribution in [0.25, 0.3) is 0 Å². The number of nitrogen functional groups attached to an aromatic ring is 1. The molecule has 3 aliphatic rings. The molecule has 0 aliphatic carbocycles. The fourth-order valence-corrected chi connectivity index (χ4v) is 7.26. The van der Waals surface area contributed by atoms with Gasteiger partial charge in [-0.2, -0.15) is 0 Å². The molecule has 1 amide bonds. The monoisotopic (exact) mass is 516 g/mol. The summed E-state index contributed by atoms with van der Waals surface area (Å²) in [5.41, 5.74) is 2.51. The van der Waals surface area contributed by atoms with Crippen LogP contribution in [0.1, 0.15) is 18.5 Å². The zero-order valence-corrected chi connectivity index (χ0v) is 18.6. The number of esters is 1. The van der Waals surface area contributed by atoms with Gasteiger partial charge in [0.15, 0.2) is 31.8 Å². The molecule has 0 aromatic carbocycles. The molecule has 4 atom stereocenters. The van der Waals surface area contributed by atoms with Crippen molar-refractivity contribution in [2.24, 2.45) is 17.0 Å². The van der Waals surface area contributed by atoms with E-state index in [-0.39, 0.29) is 10.8 Å². The first-order valence-electron chi connectivity index (χ1n) is 9.54. The van der Waals surface area contributed by atoms with E-state index < -0.39 is 93.3 Å². The van der Waals surface area contributed by atoms with Gasteiger partial charge >= 0.3 is 17.9 Å². The van der Waals surface area contributed by atoms with Crippen molar-refractivity contribution in [3.8, 4) is 0 Å². The summed E-state index contributed by atoms with van der Waals surface area (Å²) in [7, 11) is -4.14. The van der Waals surface area contributed by atoms with Gasteiger partial charge in [0.1, 0.15) is 5.69 Å². The molecule has 3 saturated heterocycles. The minimum atomic E-state index is -4.14. The predicted octanol–water partition coefficient (Wildman–Crippen LogP) is -1.95. The molecule has 1 aromatic heterocycles. The minimum Gasteiger partial charge on any atom is -0.479 e. The lowest BCUT2D eigenvalue weighted by molar-refractivity contribution is -0.220. The summed E-state index contributed by atoms with van der Waals surface area (Å²) in [5, 5.41) is 21.6. The number of sulfone groups is 1. The maximum atomic E-state index is 13.0. The van der Waals surface area contributed by atoms with Crippen LogP contribution < -0.4 is 5.73 Å². The molecular weight excluding hydrogens is 500 g/mol. The van der Waals surface area contributed by atoms with Crippen LogP contribution in [0.4, 0.5) is 5.13 Å². The predicted molar refractivity (Wildman–Crippen MR) is 109 cm³/mol. The molecule has 1 aromatic rings. The number of carbonyl (C=O) groups excluding carboxylic acids is 3. The smallest absolute Gasteiger partial charge is 0.370 e. The number of aromatic nitrogens is 1. The number of aliphatic carboxylic acids is 2. The van der Waals surface area contributed by atoms with Crippen molar-refractivity contribution in [3.05, 3.63) is 11.1 Å². The van der Waals surface area contributed by atoms with Gasteiger partial charge in [-0.3, -0.25) is 19.3 Å². The standard InChI is InChI=1S/C17H16N4O11S2/c18-16-19-8(4-33-16)12(20-31-3-10(23)24)9(22)2-7-13(26)21-14(7)34(29,30)5-6-1-11(25)32-17(6,21)15(27)28/h4,6-7,14H,1-3,5H2,(H2,18,19)(H,23,24)(H,27,28)/b20-12-/t6-,7+,14+,17+/m0/s1. The van der Waals surface area contributed by atoms with Crippen LogP contribution in [-0.4, -0.2) is 87.3 Å². The van der Waals surface area contributed by atoms with Crippen LogP contribution in [0.5, 0.6) is 0 Å². The molecule has 3 aliphatic heterocycles. The average Bonchev–Trinajstić information content (AvgIpc) is 3.29. The molecule has 0 unspecified atom stereocenters. The van der Waals surface area contributed by atoms with Gasteiger partial charge in [-0.05, 0) is 0 Å². The third-order valence-corrected chi connectivity index (χ3v) is 8.45. The number of carboxylic acids is 2. The van der Waals surface area contributed by atoms with Gasteiger partial charge in [0.2, 0.25) is 12.5 Å². The van der Waals surface area contributed by atoms with Gasteiger partial charge in [0, 0.05) is 11.8 Å². The highest BCUT2D eigenvalue weighted by atomic mass is 32.2. The lowest BCUT2D eigenvalue weighted by Gasteiger charge is -2.56. The number of hydrogen-bond acceptors (Lipinski definition) is 13. The third kappa shape index (κ3) is 3.56. The van der Waals surface area contributed by atoms with Crippen LogP contribution in [0.2, 0.25) is 0 Å². The van der Waals surface area contributed by atoms with Crippen molar-refractivity contribution in [1.29, 1.82) is 0 Å². The van der Waals surface area contributed by atoms with E-state index in [4.69, 9.17) is 15.6 Å². The van der Waals surface area contributed by atoms with Crippen LogP contribution in [-0.2, 0) is 43.4 Å². The van der Waals surface area contributed by atoms with Crippen molar-refractivity contribution in [2.75, 3.05) is 18.1 Å². The van der Waals surface area contributed by atoms with Crippen LogP contribution in [0.3, 0.4) is 0 Å². The molecule has 0 bridgehead atoms. The van der Waals surface area contributed by atoms with Crippen molar-refractivity contribution < 1.29 is 52.2 Å². The van der Waals surface area contributed by atoms with Gasteiger partial charge in [-0.15, -0.1) is 11.3 Å². The lowest BCUT2D eigenvalue weighted by atomic mass is 9.84. The van der Waals surface area contributed by atoms with E-state index >= 15 is 0 Å². The van der Waals surface area contributed by atoms with Gasteiger partial charge in [0.05, 0.1) is 24.0 Å². The molecule has 15 nitrogen and oxygen atoms in total. The van der Waals surface area contributed by atoms with E-state index in [1.807, 2.05) is 0 Å². The van der Waals surface area contributed by atoms with E-state index in [1.54, 1.807) is 0 Å². The Morgan fingerprint density at radius 2 is 2.06 bits per heavy atom. The average molecular weight is 516 g/mol. The molecule has 3 fully saturated rings. The number of β-lactam (4-membered cyclic amide) rings is 1. The number of nitrogens with two attached hydrogens (primary N) is 1. The number of rotatable bonds is 8. The van der Waals surface area contributed by atoms with Crippen LogP contribution in [0, 0.1) is 11.8 Å². The van der Waals surface area contributed by atoms with Crippen molar-refractivity contribution >= 4 is 61.6 Å². The Balaban J connectivity index is 1.63. The number of amides is 1. The second-order valence-electron chi connectivity index (χ2n) is 7.72. The maximum absolute atomic E-state index is 13.0. The second-order valence-corrected chi connectivity index (χ2v) is 10.7. The summed E-state index contributed by atoms with van der Waals surface area (Å²) in [6.07, 6.45) is -1.23. The highest BCUT2D eigenvalue weighted by Crippen LogP contribution is 2.51. The summed E-state index contributed by atoms with van der Waals surface area (Å²) in [6, 6.07) is 0. The topological polar surface area (TPSA) is 233 Å². The Hall–Kier alpha value is -3.60. The number of anilines is 1. The fraction of sp³-hybridized carbons (Fsp3) is 0.471. The summed E-state index contributed by atoms with van der Waals surface area (Å²) in [4.78, 5) is 69.3. The van der Waals surface area contributed by atoms with E-state index in [9.17, 15) is 37.5 Å². The molecule has 0 radical (unpaired) electrons. The number of fused-ring (bicyclic) bond motifs is 3. The highest BCUT2D eigenvalue weighted by Gasteiger charge is 2.75. The Kier molecular flexibility index (Phi) is 5.55. The number of carbonyl (C=O) groups is 5. The summed E-state index contributed by atoms with van der Waals surface area (Å²) in [6.45, 7) is -0.891. The highest BCUT2D eigenvalue weighted by molar-refractivity contribution is 7.92. The molecule has 34 heavy (non-hydrogen) atoms. The molecule has 0 spiro atoms. The number of ether oxygens (including phenoxy) is 1. The zero-order valence-electron chi connectivity index (χ0n) is 16.9. The van der Waals surface area contributed by atoms with E-state index in [0.29, 0.717) is 4.90 Å². The first-order valence-corrected chi connectivity index (χ1v) is 12.1. The first-order chi connectivity index (χ1) is 15.9. The van der Waals surface area contributed by atoms with Gasteiger partial charge in [0.25, 0.3) is 5.72 Å². The molecule has 0 saturated carbocycles. The SMILES string of the molecule is Nc1nc(/C(=N/OCC(=O)O)C(=O)C[C@@H]2C(=O)N3[C@@H]2S(=O)(=O)C[C@@H]2CC(=O)O[C@@]23C(=O)O)cs1. The number of thiazole rings is 1. The van der Waals surface area contributed by atoms with E-state index in [0.717, 1.165) is 11.3 Å². The minimum absolute atomic E-state index is 0.0481. The Morgan fingerprint density at radius 3 is 2.65 bits per heavy atom. The molecule has 4 heterocycles. The largest absolute Gasteiger partial charge is 0.479 e. The maximum Gasteiger partial charge on any atom is 0.370 e. The van der Waals surface area contributed by atoms with E-state index in [1.165, 1.54) is 5.38 Å². The lowest BCUT2D eigenvalue weighted by Crippen LogP contribution is -2.79. The third-order valence-electron chi connectivity index (χ3n) is 5.63. The summed E-state index contributed by atoms with van der Waals surface area (Å²) in [5.74, 6) is -9.47. The van der Waals surface area contributed by atoms with E-state index in [2.05, 4.69) is 15.0 Å². The molecular formula is C17H16N4O11S2. The van der Waals surface area contributed by atoms with Gasteiger partial charge < -0.3 is 25.5 Å². The Labute approximate surface area is 194 Å². The molecule has 4 rings (SSSR count). The summed E-state index contributed by atoms with van der Waals surface area (Å²) >= 11 is 0.937. The van der Waals surface area contributed by atoms with Crippen molar-refractivity contribution in [3.63, 3.8) is 0 Å². The molecule has 17 heteroatoms. The number of nitrogens with zero attached hydrogens (tertiary/aromatic N) is 3. The van der Waals surface area contributed by atoms with Gasteiger partial charge in [-0.1, -0.05) is 5.16 Å². The number of hydrogen-bond donors (Lipinski definition) is 3. The molecule has 182 valence electrons. The number of Topliss-reactive ketones (excluding diaryl/α,β-unsaturated/α-hetero) is 1. The number of oxime groups is 1. The normalized spacial score (nSPS) is 29.5. The number of ketones is 1. The Morgan fingerprint density at radius 1 is 1.35 bits per heavy atom. The second kappa shape index (κ2) is 8.01. The quantitative estimate of drug-likeness (QED) is 0.148. The van der Waals surface area contributed by atoms with Crippen molar-refractivity contribution in [1.82, 2.24) is 9.88 Å². The Bertz CT molecular complexity index is 1260. The molecule has 4 N–H and O–H groups in total.